The van der Waals surface area contributed by atoms with Crippen molar-refractivity contribution < 1.29 is 9.21 Å². The van der Waals surface area contributed by atoms with Crippen LogP contribution >= 0.6 is 0 Å². The molecule has 0 spiro atoms. The van der Waals surface area contributed by atoms with Crippen molar-refractivity contribution in [2.75, 3.05) is 0 Å². The summed E-state index contributed by atoms with van der Waals surface area (Å²) < 4.78 is 5.64. The second kappa shape index (κ2) is 5.31. The first-order valence-corrected chi connectivity index (χ1v) is 7.11. The normalized spacial score (nSPS) is 11.8. The highest BCUT2D eigenvalue weighted by Gasteiger charge is 2.19. The van der Waals surface area contributed by atoms with Crippen LogP contribution in [0.5, 0.6) is 0 Å². The Bertz CT molecular complexity index is 638. The molecule has 1 aromatic heterocycles. The van der Waals surface area contributed by atoms with E-state index in [2.05, 4.69) is 25.2 Å². The second-order valence-electron chi connectivity index (χ2n) is 6.11. The lowest BCUT2D eigenvalue weighted by Gasteiger charge is -2.24. The summed E-state index contributed by atoms with van der Waals surface area (Å²) in [6.45, 7) is 10.2. The summed E-state index contributed by atoms with van der Waals surface area (Å²) in [5, 5.41) is 4.09. The summed E-state index contributed by atoms with van der Waals surface area (Å²) in [4.78, 5) is 12.1. The lowest BCUT2D eigenvalue weighted by Crippen LogP contribution is -2.43. The van der Waals surface area contributed by atoms with E-state index in [0.29, 0.717) is 6.42 Å². The number of benzene rings is 1. The van der Waals surface area contributed by atoms with Gasteiger partial charge < -0.3 is 9.73 Å². The average molecular weight is 273 g/mol. The van der Waals surface area contributed by atoms with Gasteiger partial charge in [0.25, 0.3) is 0 Å². The van der Waals surface area contributed by atoms with Gasteiger partial charge >= 0.3 is 0 Å². The molecule has 0 aliphatic heterocycles. The number of rotatable bonds is 4. The number of furan rings is 1. The average Bonchev–Trinajstić information content (AvgIpc) is 2.77. The third kappa shape index (κ3) is 2.87. The molecule has 0 saturated carbocycles. The Kier molecular flexibility index (Phi) is 3.89. The van der Waals surface area contributed by atoms with E-state index in [1.54, 1.807) is 6.26 Å². The Morgan fingerprint density at radius 3 is 2.65 bits per heavy atom. The maximum atomic E-state index is 12.1. The predicted molar refractivity (Wildman–Crippen MR) is 81.9 cm³/mol. The lowest BCUT2D eigenvalue weighted by atomic mass is 10.0. The van der Waals surface area contributed by atoms with Crippen molar-refractivity contribution in [1.82, 2.24) is 5.32 Å². The Balaban J connectivity index is 2.23. The summed E-state index contributed by atoms with van der Waals surface area (Å²) in [5.74, 6) is 0.0396. The number of hydrogen-bond acceptors (Lipinski definition) is 2. The molecule has 2 rings (SSSR count). The van der Waals surface area contributed by atoms with Crippen molar-refractivity contribution in [2.45, 2.75) is 53.0 Å². The Morgan fingerprint density at radius 1 is 1.30 bits per heavy atom. The van der Waals surface area contributed by atoms with E-state index in [0.717, 1.165) is 28.5 Å². The zero-order chi connectivity index (χ0) is 14.9. The Labute approximate surface area is 120 Å². The molecule has 2 aromatic rings. The number of amides is 1. The van der Waals surface area contributed by atoms with Gasteiger partial charge in [-0.1, -0.05) is 19.1 Å². The van der Waals surface area contributed by atoms with E-state index < -0.39 is 0 Å². The summed E-state index contributed by atoms with van der Waals surface area (Å²) in [7, 11) is 0. The monoisotopic (exact) mass is 273 g/mol. The molecule has 3 heteroatoms. The second-order valence-corrected chi connectivity index (χ2v) is 6.11. The molecule has 0 unspecified atom stereocenters. The van der Waals surface area contributed by atoms with Crippen molar-refractivity contribution in [3.8, 4) is 0 Å². The van der Waals surface area contributed by atoms with Gasteiger partial charge in [-0.25, -0.2) is 0 Å². The third-order valence-corrected chi connectivity index (χ3v) is 4.05. The predicted octanol–water partition coefficient (Wildman–Crippen LogP) is 3.90. The van der Waals surface area contributed by atoms with Gasteiger partial charge in [-0.2, -0.15) is 0 Å². The van der Waals surface area contributed by atoms with E-state index in [9.17, 15) is 4.79 Å². The first kappa shape index (κ1) is 14.6. The molecule has 1 N–H and O–H groups in total. The van der Waals surface area contributed by atoms with Crippen molar-refractivity contribution >= 4 is 16.9 Å². The SMILES string of the molecule is CCC(C)(C)NC(=O)Cc1coc2c(C)c(C)ccc12. The van der Waals surface area contributed by atoms with Gasteiger partial charge in [-0.3, -0.25) is 4.79 Å². The maximum absolute atomic E-state index is 12.1. The van der Waals surface area contributed by atoms with Crippen LogP contribution in [0.3, 0.4) is 0 Å². The molecule has 0 radical (unpaired) electrons. The topological polar surface area (TPSA) is 42.2 Å². The zero-order valence-electron chi connectivity index (χ0n) is 13.0. The Morgan fingerprint density at radius 2 is 2.00 bits per heavy atom. The smallest absolute Gasteiger partial charge is 0.224 e. The fourth-order valence-electron chi connectivity index (χ4n) is 2.21. The van der Waals surface area contributed by atoms with Gasteiger partial charge in [0.1, 0.15) is 5.58 Å². The molecule has 20 heavy (non-hydrogen) atoms. The first-order chi connectivity index (χ1) is 9.34. The van der Waals surface area contributed by atoms with Crippen molar-refractivity contribution in [3.63, 3.8) is 0 Å². The third-order valence-electron chi connectivity index (χ3n) is 4.05. The maximum Gasteiger partial charge on any atom is 0.224 e. The van der Waals surface area contributed by atoms with E-state index in [4.69, 9.17) is 4.42 Å². The minimum Gasteiger partial charge on any atom is -0.464 e. The number of nitrogens with one attached hydrogen (secondary N) is 1. The first-order valence-electron chi connectivity index (χ1n) is 7.11. The van der Waals surface area contributed by atoms with Crippen molar-refractivity contribution in [1.29, 1.82) is 0 Å². The largest absolute Gasteiger partial charge is 0.464 e. The van der Waals surface area contributed by atoms with Crippen LogP contribution < -0.4 is 5.32 Å². The molecular formula is C17H23NO2. The van der Waals surface area contributed by atoms with Gasteiger partial charge in [0, 0.05) is 16.5 Å². The van der Waals surface area contributed by atoms with Crippen LogP contribution in [0.25, 0.3) is 11.0 Å². The molecule has 1 heterocycles. The molecule has 0 bridgehead atoms. The quantitative estimate of drug-likeness (QED) is 0.918. The fraction of sp³-hybridized carbons (Fsp3) is 0.471. The minimum absolute atomic E-state index is 0.0396. The summed E-state index contributed by atoms with van der Waals surface area (Å²) >= 11 is 0. The molecule has 0 fully saturated rings. The van der Waals surface area contributed by atoms with E-state index in [-0.39, 0.29) is 11.4 Å². The summed E-state index contributed by atoms with van der Waals surface area (Å²) in [6.07, 6.45) is 2.97. The van der Waals surface area contributed by atoms with Gasteiger partial charge in [0.15, 0.2) is 0 Å². The fourth-order valence-corrected chi connectivity index (χ4v) is 2.21. The number of fused-ring (bicyclic) bond motifs is 1. The lowest BCUT2D eigenvalue weighted by molar-refractivity contribution is -0.122. The number of aryl methyl sites for hydroxylation is 2. The van der Waals surface area contributed by atoms with E-state index in [1.165, 1.54) is 5.56 Å². The van der Waals surface area contributed by atoms with Crippen LogP contribution in [0.4, 0.5) is 0 Å². The zero-order valence-corrected chi connectivity index (χ0v) is 13.0. The van der Waals surface area contributed by atoms with Crippen LogP contribution in [-0.4, -0.2) is 11.4 Å². The number of carbonyl (C=O) groups is 1. The molecular weight excluding hydrogens is 250 g/mol. The molecule has 1 aromatic carbocycles. The van der Waals surface area contributed by atoms with Gasteiger partial charge in [0.2, 0.25) is 5.91 Å². The highest BCUT2D eigenvalue weighted by atomic mass is 16.3. The molecule has 0 aliphatic carbocycles. The summed E-state index contributed by atoms with van der Waals surface area (Å²) in [6, 6.07) is 4.11. The van der Waals surface area contributed by atoms with Crippen LogP contribution in [-0.2, 0) is 11.2 Å². The molecule has 3 nitrogen and oxygen atoms in total. The summed E-state index contributed by atoms with van der Waals surface area (Å²) in [5.41, 5.74) is 4.02. The van der Waals surface area contributed by atoms with Crippen LogP contribution in [0.1, 0.15) is 43.9 Å². The molecule has 108 valence electrons. The van der Waals surface area contributed by atoms with Gasteiger partial charge in [-0.05, 0) is 45.2 Å². The van der Waals surface area contributed by atoms with Gasteiger partial charge in [-0.15, -0.1) is 0 Å². The minimum atomic E-state index is -0.164. The molecule has 0 atom stereocenters. The standard InChI is InChI=1S/C17H23NO2/c1-6-17(4,5)18-15(19)9-13-10-20-16-12(3)11(2)7-8-14(13)16/h7-8,10H,6,9H2,1-5H3,(H,18,19). The highest BCUT2D eigenvalue weighted by molar-refractivity contribution is 5.89. The van der Waals surface area contributed by atoms with Crippen LogP contribution in [0, 0.1) is 13.8 Å². The van der Waals surface area contributed by atoms with Crippen LogP contribution in [0.15, 0.2) is 22.8 Å². The Hall–Kier alpha value is -1.77. The van der Waals surface area contributed by atoms with Gasteiger partial charge in [0.05, 0.1) is 12.7 Å². The highest BCUT2D eigenvalue weighted by Crippen LogP contribution is 2.26. The molecule has 0 aliphatic rings. The molecule has 0 saturated heterocycles. The number of carbonyl (C=O) groups excluding carboxylic acids is 1. The van der Waals surface area contributed by atoms with Crippen LogP contribution in [0.2, 0.25) is 0 Å². The van der Waals surface area contributed by atoms with E-state index in [1.807, 2.05) is 26.8 Å². The van der Waals surface area contributed by atoms with E-state index >= 15 is 0 Å². The van der Waals surface area contributed by atoms with Crippen molar-refractivity contribution in [2.24, 2.45) is 0 Å². The molecule has 1 amide bonds. The van der Waals surface area contributed by atoms with Crippen molar-refractivity contribution in [3.05, 3.63) is 35.1 Å². The number of hydrogen-bond donors (Lipinski definition) is 1.